The minimum Gasteiger partial charge on any atom is -0.494 e. The van der Waals surface area contributed by atoms with Crippen LogP contribution < -0.4 is 14.2 Å². The Kier molecular flexibility index (Phi) is 8.51. The molecule has 13 heteroatoms. The summed E-state index contributed by atoms with van der Waals surface area (Å²) in [6.07, 6.45) is 2.33. The van der Waals surface area contributed by atoms with Gasteiger partial charge in [-0.3, -0.25) is 9.29 Å². The first-order valence-corrected chi connectivity index (χ1v) is 12.7. The van der Waals surface area contributed by atoms with Crippen LogP contribution in [0.1, 0.15) is 38.5 Å². The SMILES string of the molecule is COc1cccc(OC)c1-n1c(CC(C)C)nnc1NS(=O)(=O)C(C)C(OC)c1ncc(Cl)cn1. The number of nitrogens with zero attached hydrogens (tertiary/aromatic N) is 5. The van der Waals surface area contributed by atoms with Crippen molar-refractivity contribution >= 4 is 27.6 Å². The summed E-state index contributed by atoms with van der Waals surface area (Å²) >= 11 is 5.86. The first-order chi connectivity index (χ1) is 16.6. The number of hydrogen-bond donors (Lipinski definition) is 1. The predicted molar refractivity (Wildman–Crippen MR) is 132 cm³/mol. The maximum atomic E-state index is 13.4. The van der Waals surface area contributed by atoms with Crippen LogP contribution in [0.15, 0.2) is 30.6 Å². The van der Waals surface area contributed by atoms with Crippen molar-refractivity contribution in [1.29, 1.82) is 0 Å². The van der Waals surface area contributed by atoms with Crippen molar-refractivity contribution in [2.75, 3.05) is 26.1 Å². The Labute approximate surface area is 209 Å². The third kappa shape index (κ3) is 5.82. The van der Waals surface area contributed by atoms with Crippen molar-refractivity contribution in [3.63, 3.8) is 0 Å². The summed E-state index contributed by atoms with van der Waals surface area (Å²) < 4.78 is 47.6. The smallest absolute Gasteiger partial charge is 0.243 e. The maximum Gasteiger partial charge on any atom is 0.243 e. The van der Waals surface area contributed by atoms with Crippen LogP contribution >= 0.6 is 11.6 Å². The van der Waals surface area contributed by atoms with E-state index in [-0.39, 0.29) is 17.7 Å². The number of anilines is 1. The van der Waals surface area contributed by atoms with E-state index in [4.69, 9.17) is 25.8 Å². The molecule has 2 aromatic heterocycles. The van der Waals surface area contributed by atoms with E-state index in [0.29, 0.717) is 34.5 Å². The molecule has 0 aliphatic rings. The average Bonchev–Trinajstić information content (AvgIpc) is 3.19. The highest BCUT2D eigenvalue weighted by Crippen LogP contribution is 2.36. The first-order valence-electron chi connectivity index (χ1n) is 10.8. The van der Waals surface area contributed by atoms with Gasteiger partial charge in [0.15, 0.2) is 5.82 Å². The second kappa shape index (κ2) is 11.2. The van der Waals surface area contributed by atoms with Gasteiger partial charge in [0.1, 0.15) is 34.4 Å². The van der Waals surface area contributed by atoms with Crippen molar-refractivity contribution in [2.45, 2.75) is 38.5 Å². The third-order valence-corrected chi connectivity index (χ3v) is 7.13. The Balaban J connectivity index is 2.08. The van der Waals surface area contributed by atoms with Gasteiger partial charge in [0.25, 0.3) is 0 Å². The summed E-state index contributed by atoms with van der Waals surface area (Å²) in [6, 6.07) is 5.27. The molecule has 1 aromatic carbocycles. The van der Waals surface area contributed by atoms with Crippen molar-refractivity contribution in [2.24, 2.45) is 5.92 Å². The van der Waals surface area contributed by atoms with Gasteiger partial charge in [-0.25, -0.2) is 18.4 Å². The second-order valence-corrected chi connectivity index (χ2v) is 10.6. The lowest BCUT2D eigenvalue weighted by Gasteiger charge is -2.23. The highest BCUT2D eigenvalue weighted by molar-refractivity contribution is 7.93. The Morgan fingerprint density at radius 2 is 1.63 bits per heavy atom. The minimum absolute atomic E-state index is 0.0119. The summed E-state index contributed by atoms with van der Waals surface area (Å²) in [5.74, 6) is 1.86. The maximum absolute atomic E-state index is 13.4. The van der Waals surface area contributed by atoms with Crippen molar-refractivity contribution in [3.8, 4) is 17.2 Å². The van der Waals surface area contributed by atoms with Crippen LogP contribution in [-0.4, -0.2) is 59.7 Å². The van der Waals surface area contributed by atoms with Crippen LogP contribution in [-0.2, 0) is 21.2 Å². The first kappa shape index (κ1) is 26.6. The van der Waals surface area contributed by atoms with Gasteiger partial charge in [-0.05, 0) is 25.0 Å². The zero-order valence-corrected chi connectivity index (χ0v) is 22.0. The average molecular weight is 525 g/mol. The molecule has 0 spiro atoms. The zero-order valence-electron chi connectivity index (χ0n) is 20.4. The number of aromatic nitrogens is 5. The highest BCUT2D eigenvalue weighted by Gasteiger charge is 2.35. The van der Waals surface area contributed by atoms with E-state index in [2.05, 4.69) is 24.9 Å². The molecule has 2 unspecified atom stereocenters. The summed E-state index contributed by atoms with van der Waals surface area (Å²) in [4.78, 5) is 8.22. The largest absolute Gasteiger partial charge is 0.494 e. The molecule has 1 N–H and O–H groups in total. The topological polar surface area (TPSA) is 130 Å². The number of methoxy groups -OCH3 is 3. The Morgan fingerprint density at radius 1 is 1.03 bits per heavy atom. The van der Waals surface area contributed by atoms with Crippen LogP contribution in [0.2, 0.25) is 5.02 Å². The molecule has 0 saturated heterocycles. The van der Waals surface area contributed by atoms with Gasteiger partial charge in [0.05, 0.1) is 19.2 Å². The standard InChI is InChI=1S/C22H29ClN6O5S/c1-13(2)10-18-26-27-22(29(18)19-16(32-4)8-7-9-17(19)33-5)28-35(30,31)14(3)20(34-6)21-24-11-15(23)12-25-21/h7-9,11-14,20H,10H2,1-6H3,(H,27,28). The lowest BCUT2D eigenvalue weighted by atomic mass is 10.1. The molecule has 35 heavy (non-hydrogen) atoms. The van der Waals surface area contributed by atoms with Crippen molar-refractivity contribution in [1.82, 2.24) is 24.7 Å². The fourth-order valence-electron chi connectivity index (χ4n) is 3.53. The van der Waals surface area contributed by atoms with E-state index >= 15 is 0 Å². The quantitative estimate of drug-likeness (QED) is 0.400. The van der Waals surface area contributed by atoms with E-state index < -0.39 is 21.4 Å². The van der Waals surface area contributed by atoms with E-state index in [1.807, 2.05) is 13.8 Å². The van der Waals surface area contributed by atoms with Gasteiger partial charge in [-0.1, -0.05) is 31.5 Å². The normalized spacial score (nSPS) is 13.5. The zero-order chi connectivity index (χ0) is 25.8. The molecule has 0 saturated carbocycles. The summed E-state index contributed by atoms with van der Waals surface area (Å²) in [6.45, 7) is 5.55. The molecule has 0 radical (unpaired) electrons. The molecule has 3 aromatic rings. The third-order valence-electron chi connectivity index (χ3n) is 5.24. The molecular formula is C22H29ClN6O5S. The van der Waals surface area contributed by atoms with Crippen LogP contribution in [0.3, 0.4) is 0 Å². The number of halogens is 1. The fourth-order valence-corrected chi connectivity index (χ4v) is 4.75. The van der Waals surface area contributed by atoms with Gasteiger partial charge < -0.3 is 14.2 Å². The van der Waals surface area contributed by atoms with E-state index in [1.165, 1.54) is 40.6 Å². The summed E-state index contributed by atoms with van der Waals surface area (Å²) in [7, 11) is 0.365. The molecule has 0 aliphatic heterocycles. The lowest BCUT2D eigenvalue weighted by molar-refractivity contribution is 0.0950. The number of hydrogen-bond acceptors (Lipinski definition) is 9. The highest BCUT2D eigenvalue weighted by atomic mass is 35.5. The molecule has 0 aliphatic carbocycles. The Bertz CT molecular complexity index is 1230. The van der Waals surface area contributed by atoms with E-state index in [1.54, 1.807) is 22.8 Å². The van der Waals surface area contributed by atoms with Crippen LogP contribution in [0, 0.1) is 5.92 Å². The lowest BCUT2D eigenvalue weighted by Crippen LogP contribution is -2.33. The molecule has 11 nitrogen and oxygen atoms in total. The molecule has 0 bridgehead atoms. The molecule has 0 fully saturated rings. The number of benzene rings is 1. The van der Waals surface area contributed by atoms with Gasteiger partial charge >= 0.3 is 0 Å². The number of nitrogens with one attached hydrogen (secondary N) is 1. The van der Waals surface area contributed by atoms with Gasteiger partial charge in [0, 0.05) is 25.9 Å². The number of sulfonamides is 1. The minimum atomic E-state index is -4.06. The second-order valence-electron chi connectivity index (χ2n) is 8.15. The molecule has 3 rings (SSSR count). The van der Waals surface area contributed by atoms with E-state index in [9.17, 15) is 8.42 Å². The van der Waals surface area contributed by atoms with Crippen LogP contribution in [0.4, 0.5) is 5.95 Å². The Hall–Kier alpha value is -2.96. The fraction of sp³-hybridized carbons (Fsp3) is 0.455. The predicted octanol–water partition coefficient (Wildman–Crippen LogP) is 3.44. The van der Waals surface area contributed by atoms with Gasteiger partial charge in [0.2, 0.25) is 16.0 Å². The molecule has 190 valence electrons. The number of para-hydroxylation sites is 1. The number of ether oxygens (including phenoxy) is 3. The molecule has 2 heterocycles. The molecular weight excluding hydrogens is 496 g/mol. The molecule has 0 amide bonds. The Morgan fingerprint density at radius 3 is 2.14 bits per heavy atom. The molecule has 2 atom stereocenters. The van der Waals surface area contributed by atoms with Crippen LogP contribution in [0.25, 0.3) is 5.69 Å². The summed E-state index contributed by atoms with van der Waals surface area (Å²) in [5.41, 5.74) is 0.479. The van der Waals surface area contributed by atoms with Gasteiger partial charge in [-0.15, -0.1) is 10.2 Å². The summed E-state index contributed by atoms with van der Waals surface area (Å²) in [5, 5.41) is 7.66. The number of rotatable bonds is 11. The van der Waals surface area contributed by atoms with Crippen molar-refractivity contribution < 1.29 is 22.6 Å². The van der Waals surface area contributed by atoms with E-state index in [0.717, 1.165) is 0 Å². The monoisotopic (exact) mass is 524 g/mol. The van der Waals surface area contributed by atoms with Gasteiger partial charge in [-0.2, -0.15) is 0 Å². The van der Waals surface area contributed by atoms with Crippen LogP contribution in [0.5, 0.6) is 11.5 Å². The van der Waals surface area contributed by atoms with Crippen molar-refractivity contribution in [3.05, 3.63) is 47.3 Å².